The first kappa shape index (κ1) is 22.0. The van der Waals surface area contributed by atoms with Gasteiger partial charge in [-0.1, -0.05) is 56.3 Å². The maximum atomic E-state index is 12.4. The van der Waals surface area contributed by atoms with Crippen molar-refractivity contribution in [3.05, 3.63) is 66.0 Å². The fourth-order valence-corrected chi connectivity index (χ4v) is 3.26. The van der Waals surface area contributed by atoms with E-state index in [1.165, 1.54) is 0 Å². The van der Waals surface area contributed by atoms with Gasteiger partial charge >= 0.3 is 6.03 Å². The van der Waals surface area contributed by atoms with Crippen LogP contribution in [-0.4, -0.2) is 27.9 Å². The van der Waals surface area contributed by atoms with Gasteiger partial charge in [-0.25, -0.2) is 14.8 Å². The summed E-state index contributed by atoms with van der Waals surface area (Å²) in [4.78, 5) is 33.3. The molecule has 0 spiro atoms. The minimum atomic E-state index is -0.575. The maximum Gasteiger partial charge on any atom is 0.315 e. The molecule has 0 radical (unpaired) electrons. The van der Waals surface area contributed by atoms with E-state index >= 15 is 0 Å². The molecule has 0 aliphatic carbocycles. The third kappa shape index (κ3) is 5.69. The van der Waals surface area contributed by atoms with Gasteiger partial charge in [0.15, 0.2) is 5.82 Å². The normalized spacial score (nSPS) is 12.9. The Morgan fingerprint density at radius 2 is 1.65 bits per heavy atom. The van der Waals surface area contributed by atoms with E-state index in [2.05, 4.69) is 25.9 Å². The number of amides is 3. The average Bonchev–Trinajstić information content (AvgIpc) is 2.76. The molecule has 5 N–H and O–H groups in total. The Morgan fingerprint density at radius 3 is 2.32 bits per heavy atom. The van der Waals surface area contributed by atoms with Crippen molar-refractivity contribution in [3.63, 3.8) is 0 Å². The van der Waals surface area contributed by atoms with Crippen molar-refractivity contribution in [1.29, 1.82) is 0 Å². The van der Waals surface area contributed by atoms with E-state index in [-0.39, 0.29) is 24.5 Å². The van der Waals surface area contributed by atoms with E-state index in [9.17, 15) is 9.59 Å². The van der Waals surface area contributed by atoms with Crippen LogP contribution in [0.15, 0.2) is 54.6 Å². The van der Waals surface area contributed by atoms with E-state index in [1.54, 1.807) is 0 Å². The summed E-state index contributed by atoms with van der Waals surface area (Å²) in [5, 5.41) is 9.62. The molecule has 1 aromatic heterocycles. The van der Waals surface area contributed by atoms with Crippen molar-refractivity contribution < 1.29 is 9.59 Å². The van der Waals surface area contributed by atoms with Gasteiger partial charge in [-0.3, -0.25) is 4.79 Å². The number of rotatable bonds is 8. The van der Waals surface area contributed by atoms with Crippen LogP contribution >= 0.6 is 0 Å². The largest absolute Gasteiger partial charge is 0.368 e. The Hall–Kier alpha value is -3.68. The second-order valence-corrected chi connectivity index (χ2v) is 7.73. The molecule has 0 saturated heterocycles. The number of primary amides is 1. The number of aromatic nitrogens is 2. The number of hydrogen-bond donors (Lipinski definition) is 4. The quantitative estimate of drug-likeness (QED) is 0.446. The van der Waals surface area contributed by atoms with Crippen molar-refractivity contribution in [2.24, 2.45) is 11.7 Å². The lowest BCUT2D eigenvalue weighted by atomic mass is 10.0. The van der Waals surface area contributed by atoms with Crippen LogP contribution in [0.5, 0.6) is 0 Å². The average molecular weight is 421 g/mol. The molecule has 0 bridgehead atoms. The summed E-state index contributed by atoms with van der Waals surface area (Å²) in [5.74, 6) is 0.471. The lowest BCUT2D eigenvalue weighted by Gasteiger charge is -2.21. The van der Waals surface area contributed by atoms with Gasteiger partial charge in [-0.05, 0) is 30.5 Å². The summed E-state index contributed by atoms with van der Waals surface area (Å²) in [6.45, 7) is 5.87. The minimum Gasteiger partial charge on any atom is -0.368 e. The molecule has 3 amide bonds. The fraction of sp³-hybridized carbons (Fsp3) is 0.304. The highest BCUT2D eigenvalue weighted by Gasteiger charge is 2.21. The third-order valence-electron chi connectivity index (χ3n) is 4.97. The number of para-hydroxylation sites is 1. The van der Waals surface area contributed by atoms with Crippen LogP contribution in [0.25, 0.3) is 10.9 Å². The molecule has 0 saturated carbocycles. The van der Waals surface area contributed by atoms with Gasteiger partial charge in [-0.15, -0.1) is 0 Å². The molecule has 0 aliphatic rings. The lowest BCUT2D eigenvalue weighted by Crippen LogP contribution is -2.40. The van der Waals surface area contributed by atoms with Gasteiger partial charge in [0, 0.05) is 5.39 Å². The molecule has 0 unspecified atom stereocenters. The number of benzene rings is 2. The number of urea groups is 1. The van der Waals surface area contributed by atoms with Crippen molar-refractivity contribution in [1.82, 2.24) is 20.6 Å². The molecule has 2 aromatic carbocycles. The molecule has 2 atom stereocenters. The van der Waals surface area contributed by atoms with Crippen molar-refractivity contribution in [2.75, 3.05) is 5.32 Å². The predicted molar refractivity (Wildman–Crippen MR) is 121 cm³/mol. The number of carbonyl (C=O) groups is 2. The highest BCUT2D eigenvalue weighted by atomic mass is 16.2. The van der Waals surface area contributed by atoms with Crippen LogP contribution in [0.4, 0.5) is 10.6 Å². The van der Waals surface area contributed by atoms with Gasteiger partial charge in [0.2, 0.25) is 5.91 Å². The third-order valence-corrected chi connectivity index (χ3v) is 4.97. The Kier molecular flexibility index (Phi) is 7.02. The number of nitrogens with zero attached hydrogens (tertiary/aromatic N) is 2. The number of nitrogens with one attached hydrogen (secondary N) is 3. The molecule has 8 heteroatoms. The molecule has 0 fully saturated rings. The van der Waals surface area contributed by atoms with Gasteiger partial charge in [0.1, 0.15) is 11.9 Å². The molecular formula is C23H28N6O2. The molecule has 31 heavy (non-hydrogen) atoms. The van der Waals surface area contributed by atoms with Gasteiger partial charge in [0.05, 0.1) is 18.1 Å². The molecular weight excluding hydrogens is 392 g/mol. The first-order chi connectivity index (χ1) is 14.8. The molecule has 3 rings (SSSR count). The molecule has 1 heterocycles. The first-order valence-electron chi connectivity index (χ1n) is 10.3. The highest BCUT2D eigenvalue weighted by Crippen LogP contribution is 2.22. The predicted octanol–water partition coefficient (Wildman–Crippen LogP) is 3.11. The molecule has 0 aliphatic heterocycles. The number of nitrogens with two attached hydrogens (primary N) is 1. The monoisotopic (exact) mass is 420 g/mol. The van der Waals surface area contributed by atoms with E-state index < -0.39 is 11.9 Å². The summed E-state index contributed by atoms with van der Waals surface area (Å²) in [6, 6.07) is 16.2. The number of anilines is 1. The Balaban J connectivity index is 1.75. The van der Waals surface area contributed by atoms with E-state index in [0.29, 0.717) is 17.2 Å². The lowest BCUT2D eigenvalue weighted by molar-refractivity contribution is -0.119. The number of carbonyl (C=O) groups excluding carboxylic acids is 2. The van der Waals surface area contributed by atoms with Gasteiger partial charge < -0.3 is 21.7 Å². The molecule has 3 aromatic rings. The van der Waals surface area contributed by atoms with Crippen LogP contribution in [0.1, 0.15) is 38.2 Å². The summed E-state index contributed by atoms with van der Waals surface area (Å²) >= 11 is 0. The van der Waals surface area contributed by atoms with E-state index in [1.807, 2.05) is 75.4 Å². The van der Waals surface area contributed by atoms with Crippen LogP contribution < -0.4 is 21.7 Å². The van der Waals surface area contributed by atoms with E-state index in [4.69, 9.17) is 5.73 Å². The van der Waals surface area contributed by atoms with Gasteiger partial charge in [-0.2, -0.15) is 0 Å². The summed E-state index contributed by atoms with van der Waals surface area (Å²) < 4.78 is 0. The Morgan fingerprint density at radius 1 is 0.968 bits per heavy atom. The summed E-state index contributed by atoms with van der Waals surface area (Å²) in [7, 11) is 0. The molecule has 8 nitrogen and oxygen atoms in total. The molecule has 162 valence electrons. The fourth-order valence-electron chi connectivity index (χ4n) is 3.26. The topological polar surface area (TPSA) is 122 Å². The maximum absolute atomic E-state index is 12.4. The minimum absolute atomic E-state index is 0.0157. The van der Waals surface area contributed by atoms with Crippen molar-refractivity contribution >= 4 is 28.7 Å². The second-order valence-electron chi connectivity index (χ2n) is 7.73. The van der Waals surface area contributed by atoms with Crippen molar-refractivity contribution in [2.45, 2.75) is 39.4 Å². The zero-order valence-corrected chi connectivity index (χ0v) is 17.9. The number of fused-ring (bicyclic) bond motifs is 1. The second kappa shape index (κ2) is 9.88. The zero-order chi connectivity index (χ0) is 22.4. The smallest absolute Gasteiger partial charge is 0.315 e. The SMILES string of the molecule is CC(C)[C@H](Nc1nc(CNC(=O)N[C@@H](C)c2ccccc2)nc2ccccc12)C(N)=O. The summed E-state index contributed by atoms with van der Waals surface area (Å²) in [6.07, 6.45) is 0. The highest BCUT2D eigenvalue weighted by molar-refractivity contribution is 5.92. The van der Waals surface area contributed by atoms with Gasteiger partial charge in [0.25, 0.3) is 0 Å². The van der Waals surface area contributed by atoms with Crippen LogP contribution in [0.2, 0.25) is 0 Å². The van der Waals surface area contributed by atoms with Crippen LogP contribution in [-0.2, 0) is 11.3 Å². The summed E-state index contributed by atoms with van der Waals surface area (Å²) in [5.41, 5.74) is 7.27. The Bertz CT molecular complexity index is 1050. The van der Waals surface area contributed by atoms with Crippen LogP contribution in [0.3, 0.4) is 0 Å². The number of hydrogen-bond acceptors (Lipinski definition) is 5. The van der Waals surface area contributed by atoms with Crippen molar-refractivity contribution in [3.8, 4) is 0 Å². The zero-order valence-electron chi connectivity index (χ0n) is 17.9. The van der Waals surface area contributed by atoms with Crippen LogP contribution in [0, 0.1) is 5.92 Å². The first-order valence-corrected chi connectivity index (χ1v) is 10.3. The standard InChI is InChI=1S/C23H28N6O2/c1-14(2)20(21(24)30)29-22-17-11-7-8-12-18(17)27-19(28-22)13-25-23(31)26-15(3)16-9-5-4-6-10-16/h4-12,14-15,20H,13H2,1-3H3,(H2,24,30)(H2,25,26,31)(H,27,28,29)/t15-,20-/m0/s1. The Labute approximate surface area is 181 Å². The van der Waals surface area contributed by atoms with E-state index in [0.717, 1.165) is 10.9 Å².